The molecule has 0 radical (unpaired) electrons. The van der Waals surface area contributed by atoms with Gasteiger partial charge >= 0.3 is 6.30 Å². The number of likely N-dealkylation sites (N-methyl/N-ethyl adjacent to an activating group) is 1. The van der Waals surface area contributed by atoms with Gasteiger partial charge < -0.3 is 9.88 Å². The molecule has 0 spiro atoms. The number of halogens is 3. The van der Waals surface area contributed by atoms with E-state index >= 15 is 0 Å². The van der Waals surface area contributed by atoms with Crippen molar-refractivity contribution in [3.05, 3.63) is 36.4 Å². The third kappa shape index (κ3) is 4.08. The quantitative estimate of drug-likeness (QED) is 0.675. The number of nitrogens with one attached hydrogen (secondary N) is 1. The highest BCUT2D eigenvalue weighted by Gasteiger charge is 2.32. The van der Waals surface area contributed by atoms with Gasteiger partial charge in [-0.15, -0.1) is 13.2 Å². The summed E-state index contributed by atoms with van der Waals surface area (Å²) in [6.45, 7) is 4.58. The average molecular weight is 432 g/mol. The van der Waals surface area contributed by atoms with Crippen molar-refractivity contribution < 1.29 is 13.2 Å². The van der Waals surface area contributed by atoms with Crippen LogP contribution in [0.25, 0.3) is 22.2 Å². The number of hydrogen-bond acceptors (Lipinski definition) is 4. The Morgan fingerprint density at radius 2 is 1.77 bits per heavy atom. The fraction of sp³-hybridized carbons (Fsp3) is 0.545. The topological polar surface area (TPSA) is 53.0 Å². The molecule has 2 fully saturated rings. The van der Waals surface area contributed by atoms with E-state index in [2.05, 4.69) is 38.0 Å². The van der Waals surface area contributed by atoms with Crippen LogP contribution >= 0.6 is 0 Å². The fourth-order valence-electron chi connectivity index (χ4n) is 5.04. The molecule has 1 aliphatic heterocycles. The van der Waals surface area contributed by atoms with Gasteiger partial charge in [0.25, 0.3) is 0 Å². The predicted octanol–water partition coefficient (Wildman–Crippen LogP) is 4.18. The molecule has 31 heavy (non-hydrogen) atoms. The number of aromatic nitrogens is 4. The standard InChI is InChI=1S/C22H27F3N6/c1-29-6-8-30(9-7-29)18-4-2-15(3-5-18)16-10-19-20(13-27-21(19)26-11-16)17-12-28-31(14-17)22(23,24)25/h10-15,18H,2-9H2,1H3,(H,26,27)/t15-,18-. The van der Waals surface area contributed by atoms with Crippen molar-refractivity contribution in [2.24, 2.45) is 0 Å². The van der Waals surface area contributed by atoms with Gasteiger partial charge in [0.15, 0.2) is 0 Å². The second kappa shape index (κ2) is 7.94. The zero-order chi connectivity index (χ0) is 21.6. The number of piperazine rings is 1. The maximum absolute atomic E-state index is 12.9. The van der Waals surface area contributed by atoms with Crippen LogP contribution in [0.2, 0.25) is 0 Å². The number of nitrogens with zero attached hydrogens (tertiary/aromatic N) is 5. The highest BCUT2D eigenvalue weighted by Crippen LogP contribution is 2.37. The number of hydrogen-bond donors (Lipinski definition) is 1. The largest absolute Gasteiger partial charge is 0.504 e. The summed E-state index contributed by atoms with van der Waals surface area (Å²) in [5.74, 6) is 0.446. The van der Waals surface area contributed by atoms with E-state index in [9.17, 15) is 13.2 Å². The minimum atomic E-state index is -4.52. The summed E-state index contributed by atoms with van der Waals surface area (Å²) in [5.41, 5.74) is 2.99. The molecule has 2 aliphatic rings. The van der Waals surface area contributed by atoms with Crippen molar-refractivity contribution in [1.29, 1.82) is 0 Å². The number of alkyl halides is 3. The lowest BCUT2D eigenvalue weighted by atomic mass is 9.81. The molecule has 0 unspecified atom stereocenters. The summed E-state index contributed by atoms with van der Waals surface area (Å²) in [7, 11) is 2.18. The smallest absolute Gasteiger partial charge is 0.346 e. The van der Waals surface area contributed by atoms with Gasteiger partial charge in [0.2, 0.25) is 0 Å². The Labute approximate surface area is 179 Å². The van der Waals surface area contributed by atoms with Crippen LogP contribution in [0.5, 0.6) is 0 Å². The number of aromatic amines is 1. The van der Waals surface area contributed by atoms with Gasteiger partial charge in [0.1, 0.15) is 5.65 Å². The normalized spacial score (nSPS) is 24.1. The van der Waals surface area contributed by atoms with Crippen LogP contribution in [-0.4, -0.2) is 68.8 Å². The van der Waals surface area contributed by atoms with Crippen LogP contribution in [0.1, 0.15) is 37.2 Å². The minimum absolute atomic E-state index is 0.0398. The van der Waals surface area contributed by atoms with E-state index < -0.39 is 6.30 Å². The van der Waals surface area contributed by atoms with Gasteiger partial charge in [0.05, 0.1) is 6.20 Å². The van der Waals surface area contributed by atoms with Crippen molar-refractivity contribution in [2.45, 2.75) is 43.9 Å². The molecule has 1 saturated heterocycles. The summed E-state index contributed by atoms with van der Waals surface area (Å²) in [6.07, 6.45) is 6.00. The fourth-order valence-corrected chi connectivity index (χ4v) is 5.04. The molecule has 0 aromatic carbocycles. The molecule has 0 bridgehead atoms. The van der Waals surface area contributed by atoms with Crippen molar-refractivity contribution >= 4 is 11.0 Å². The third-order valence-corrected chi connectivity index (χ3v) is 6.93. The van der Waals surface area contributed by atoms with Crippen LogP contribution < -0.4 is 0 Å². The van der Waals surface area contributed by atoms with Crippen LogP contribution in [0, 0.1) is 0 Å². The molecule has 9 heteroatoms. The molecule has 4 heterocycles. The highest BCUT2D eigenvalue weighted by molar-refractivity contribution is 5.93. The van der Waals surface area contributed by atoms with Gasteiger partial charge in [-0.2, -0.15) is 9.78 Å². The molecular weight excluding hydrogens is 405 g/mol. The van der Waals surface area contributed by atoms with E-state index in [1.165, 1.54) is 24.6 Å². The molecule has 0 amide bonds. The number of H-pyrrole nitrogens is 1. The van der Waals surface area contributed by atoms with E-state index in [0.717, 1.165) is 50.6 Å². The monoisotopic (exact) mass is 432 g/mol. The lowest BCUT2D eigenvalue weighted by molar-refractivity contribution is -0.212. The predicted molar refractivity (Wildman–Crippen MR) is 113 cm³/mol. The highest BCUT2D eigenvalue weighted by atomic mass is 19.4. The zero-order valence-corrected chi connectivity index (χ0v) is 17.6. The number of fused-ring (bicyclic) bond motifs is 1. The van der Waals surface area contributed by atoms with E-state index in [4.69, 9.17) is 0 Å². The first-order valence-corrected chi connectivity index (χ1v) is 10.9. The lowest BCUT2D eigenvalue weighted by Crippen LogP contribution is -2.49. The lowest BCUT2D eigenvalue weighted by Gasteiger charge is -2.41. The van der Waals surface area contributed by atoms with Crippen LogP contribution in [-0.2, 0) is 6.30 Å². The van der Waals surface area contributed by atoms with Crippen molar-refractivity contribution in [3.8, 4) is 11.1 Å². The molecule has 5 rings (SSSR count). The summed E-state index contributed by atoms with van der Waals surface area (Å²) in [5, 5.41) is 4.32. The van der Waals surface area contributed by atoms with Crippen LogP contribution in [0.3, 0.4) is 0 Å². The molecule has 1 saturated carbocycles. The SMILES string of the molecule is CN1CCN([C@H]2CC[C@H](c3cnc4[nH]cc(-c5cnn(C(F)(F)F)c5)c4c3)CC2)CC1. The first-order valence-electron chi connectivity index (χ1n) is 10.9. The number of rotatable bonds is 3. The molecule has 1 N–H and O–H groups in total. The van der Waals surface area contributed by atoms with Crippen LogP contribution in [0.15, 0.2) is 30.9 Å². The summed E-state index contributed by atoms with van der Waals surface area (Å²) >= 11 is 0. The van der Waals surface area contributed by atoms with Gasteiger partial charge in [0, 0.05) is 67.3 Å². The van der Waals surface area contributed by atoms with Gasteiger partial charge in [-0.25, -0.2) is 4.98 Å². The van der Waals surface area contributed by atoms with E-state index in [-0.39, 0.29) is 4.68 Å². The first-order chi connectivity index (χ1) is 14.9. The van der Waals surface area contributed by atoms with Crippen molar-refractivity contribution in [3.63, 3.8) is 0 Å². The maximum Gasteiger partial charge on any atom is 0.504 e. The number of pyridine rings is 1. The van der Waals surface area contributed by atoms with Gasteiger partial charge in [-0.1, -0.05) is 0 Å². The molecular formula is C22H27F3N6. The van der Waals surface area contributed by atoms with E-state index in [1.54, 1.807) is 6.20 Å². The Balaban J connectivity index is 1.32. The summed E-state index contributed by atoms with van der Waals surface area (Å²) in [4.78, 5) is 12.7. The third-order valence-electron chi connectivity index (χ3n) is 6.93. The second-order valence-electron chi connectivity index (χ2n) is 8.85. The Morgan fingerprint density at radius 1 is 1.03 bits per heavy atom. The average Bonchev–Trinajstić information content (AvgIpc) is 3.41. The second-order valence-corrected chi connectivity index (χ2v) is 8.85. The van der Waals surface area contributed by atoms with Crippen LogP contribution in [0.4, 0.5) is 13.2 Å². The molecule has 3 aromatic heterocycles. The molecule has 166 valence electrons. The van der Waals surface area contributed by atoms with Gasteiger partial charge in [-0.3, -0.25) is 4.90 Å². The molecule has 1 aliphatic carbocycles. The summed E-state index contributed by atoms with van der Waals surface area (Å²) in [6, 6.07) is 2.76. The van der Waals surface area contributed by atoms with E-state index in [1.807, 2.05) is 6.20 Å². The summed E-state index contributed by atoms with van der Waals surface area (Å²) < 4.78 is 38.8. The van der Waals surface area contributed by atoms with Crippen molar-refractivity contribution in [1.82, 2.24) is 29.5 Å². The zero-order valence-electron chi connectivity index (χ0n) is 17.6. The molecule has 0 atom stereocenters. The molecule has 6 nitrogen and oxygen atoms in total. The minimum Gasteiger partial charge on any atom is -0.346 e. The maximum atomic E-state index is 12.9. The Bertz CT molecular complexity index is 1040. The first kappa shape index (κ1) is 20.5. The Morgan fingerprint density at radius 3 is 2.45 bits per heavy atom. The molecule has 3 aromatic rings. The Kier molecular flexibility index (Phi) is 5.26. The van der Waals surface area contributed by atoms with Crippen molar-refractivity contribution in [2.75, 3.05) is 33.2 Å². The van der Waals surface area contributed by atoms with Gasteiger partial charge in [-0.05, 0) is 50.3 Å². The van der Waals surface area contributed by atoms with E-state index in [0.29, 0.717) is 28.7 Å². The Hall–Kier alpha value is -2.39.